The van der Waals surface area contributed by atoms with E-state index in [1.807, 2.05) is 11.8 Å². The molecule has 0 aromatic carbocycles. The van der Waals surface area contributed by atoms with Crippen molar-refractivity contribution in [1.29, 1.82) is 0 Å². The Balaban J connectivity index is 1.56. The van der Waals surface area contributed by atoms with Crippen LogP contribution in [0.2, 0.25) is 0 Å². The van der Waals surface area contributed by atoms with Crippen LogP contribution in [0, 0.1) is 0 Å². The van der Waals surface area contributed by atoms with Crippen molar-refractivity contribution in [2.24, 2.45) is 0 Å². The fourth-order valence-electron chi connectivity index (χ4n) is 2.99. The number of anilines is 1. The normalized spacial score (nSPS) is 25.8. The Kier molecular flexibility index (Phi) is 5.17. The lowest BCUT2D eigenvalue weighted by Crippen LogP contribution is -2.59. The Morgan fingerprint density at radius 3 is 2.82 bits per heavy atom. The standard InChI is InChI=1S/C15H22N4O2S/c20-14(18-13-1-4-16-5-2-13)17-11-15(3-10-22-12-15)19-6-8-21-9-7-19/h1-2,4-5H,3,6-12H2,(H2,16,17,18,20)/t15-/m1/s1. The number of rotatable bonds is 4. The lowest BCUT2D eigenvalue weighted by Gasteiger charge is -2.43. The number of amides is 2. The average Bonchev–Trinajstić information content (AvgIpc) is 3.05. The summed E-state index contributed by atoms with van der Waals surface area (Å²) in [6, 6.07) is 3.40. The number of carbonyl (C=O) groups is 1. The zero-order valence-corrected chi connectivity index (χ0v) is 13.4. The van der Waals surface area contributed by atoms with E-state index in [1.165, 1.54) is 0 Å². The maximum atomic E-state index is 12.1. The second-order valence-electron chi connectivity index (χ2n) is 5.67. The number of nitrogens with one attached hydrogen (secondary N) is 2. The van der Waals surface area contributed by atoms with Crippen LogP contribution in [-0.2, 0) is 4.74 Å². The molecule has 6 nitrogen and oxygen atoms in total. The van der Waals surface area contributed by atoms with E-state index < -0.39 is 0 Å². The third-order valence-corrected chi connectivity index (χ3v) is 5.51. The van der Waals surface area contributed by atoms with Gasteiger partial charge in [0.2, 0.25) is 0 Å². The molecule has 2 aliphatic heterocycles. The summed E-state index contributed by atoms with van der Waals surface area (Å²) in [7, 11) is 0. The highest BCUT2D eigenvalue weighted by molar-refractivity contribution is 7.99. The molecule has 3 rings (SSSR count). The molecule has 1 aromatic heterocycles. The molecule has 0 spiro atoms. The Labute approximate surface area is 135 Å². The summed E-state index contributed by atoms with van der Waals surface area (Å²) >= 11 is 1.97. The van der Waals surface area contributed by atoms with Gasteiger partial charge < -0.3 is 15.4 Å². The van der Waals surface area contributed by atoms with E-state index in [4.69, 9.17) is 4.74 Å². The zero-order valence-electron chi connectivity index (χ0n) is 12.6. The van der Waals surface area contributed by atoms with E-state index in [2.05, 4.69) is 20.5 Å². The molecule has 0 radical (unpaired) electrons. The predicted molar refractivity (Wildman–Crippen MR) is 88.3 cm³/mol. The highest BCUT2D eigenvalue weighted by Crippen LogP contribution is 2.33. The molecule has 22 heavy (non-hydrogen) atoms. The lowest BCUT2D eigenvalue weighted by atomic mass is 9.95. The van der Waals surface area contributed by atoms with Crippen molar-refractivity contribution in [3.8, 4) is 0 Å². The van der Waals surface area contributed by atoms with Gasteiger partial charge in [-0.15, -0.1) is 0 Å². The van der Waals surface area contributed by atoms with Gasteiger partial charge in [0.05, 0.1) is 13.2 Å². The SMILES string of the molecule is O=C(NC[C@]1(N2CCOCC2)CCSC1)Nc1ccncc1. The quantitative estimate of drug-likeness (QED) is 0.877. The zero-order chi connectivity index (χ0) is 15.3. The van der Waals surface area contributed by atoms with Crippen molar-refractivity contribution in [3.05, 3.63) is 24.5 Å². The molecule has 7 heteroatoms. The van der Waals surface area contributed by atoms with Crippen molar-refractivity contribution < 1.29 is 9.53 Å². The number of urea groups is 1. The molecule has 2 amide bonds. The fraction of sp³-hybridized carbons (Fsp3) is 0.600. The average molecular weight is 322 g/mol. The molecule has 0 saturated carbocycles. The van der Waals surface area contributed by atoms with Gasteiger partial charge in [-0.25, -0.2) is 4.79 Å². The molecule has 120 valence electrons. The largest absolute Gasteiger partial charge is 0.379 e. The predicted octanol–water partition coefficient (Wildman–Crippen LogP) is 1.41. The monoisotopic (exact) mass is 322 g/mol. The number of aromatic nitrogens is 1. The molecule has 2 saturated heterocycles. The Hall–Kier alpha value is -1.31. The molecule has 2 N–H and O–H groups in total. The minimum atomic E-state index is -0.157. The first kappa shape index (κ1) is 15.6. The summed E-state index contributed by atoms with van der Waals surface area (Å²) < 4.78 is 5.45. The Bertz CT molecular complexity index is 488. The van der Waals surface area contributed by atoms with Crippen LogP contribution in [0.5, 0.6) is 0 Å². The van der Waals surface area contributed by atoms with E-state index in [0.29, 0.717) is 6.54 Å². The summed E-state index contributed by atoms with van der Waals surface area (Å²) in [5.41, 5.74) is 0.832. The van der Waals surface area contributed by atoms with Crippen LogP contribution in [0.15, 0.2) is 24.5 Å². The molecule has 3 heterocycles. The van der Waals surface area contributed by atoms with Gasteiger partial charge in [0.15, 0.2) is 0 Å². The third-order valence-electron chi connectivity index (χ3n) is 4.28. The van der Waals surface area contributed by atoms with Gasteiger partial charge >= 0.3 is 6.03 Å². The molecule has 0 aliphatic carbocycles. The molecule has 2 aliphatic rings. The van der Waals surface area contributed by atoms with Crippen LogP contribution in [-0.4, -0.2) is 65.8 Å². The summed E-state index contributed by atoms with van der Waals surface area (Å²) in [5, 5.41) is 5.89. The maximum Gasteiger partial charge on any atom is 0.319 e. The number of ether oxygens (including phenoxy) is 1. The van der Waals surface area contributed by atoms with Gasteiger partial charge in [-0.3, -0.25) is 9.88 Å². The van der Waals surface area contributed by atoms with Crippen LogP contribution >= 0.6 is 11.8 Å². The van der Waals surface area contributed by atoms with E-state index in [9.17, 15) is 4.79 Å². The molecule has 2 fully saturated rings. The van der Waals surface area contributed by atoms with Gasteiger partial charge in [-0.05, 0) is 24.3 Å². The summed E-state index contributed by atoms with van der Waals surface area (Å²) in [4.78, 5) is 18.5. The van der Waals surface area contributed by atoms with Gasteiger partial charge in [-0.1, -0.05) is 0 Å². The minimum Gasteiger partial charge on any atom is -0.379 e. The van der Waals surface area contributed by atoms with Crippen LogP contribution in [0.4, 0.5) is 10.5 Å². The molecule has 0 bridgehead atoms. The minimum absolute atomic E-state index is 0.0734. The van der Waals surface area contributed by atoms with Crippen molar-refractivity contribution >= 4 is 23.5 Å². The van der Waals surface area contributed by atoms with E-state index >= 15 is 0 Å². The molecular weight excluding hydrogens is 300 g/mol. The van der Waals surface area contributed by atoms with Crippen LogP contribution in [0.25, 0.3) is 0 Å². The molecule has 1 aromatic rings. The van der Waals surface area contributed by atoms with Gasteiger partial charge in [0.1, 0.15) is 0 Å². The van der Waals surface area contributed by atoms with Crippen molar-refractivity contribution in [3.63, 3.8) is 0 Å². The number of pyridine rings is 1. The fourth-order valence-corrected chi connectivity index (χ4v) is 4.47. The van der Waals surface area contributed by atoms with E-state index in [-0.39, 0.29) is 11.6 Å². The third kappa shape index (κ3) is 3.71. The first-order chi connectivity index (χ1) is 10.8. The topological polar surface area (TPSA) is 66.5 Å². The molecule has 0 unspecified atom stereocenters. The summed E-state index contributed by atoms with van der Waals surface area (Å²) in [6.07, 6.45) is 4.45. The van der Waals surface area contributed by atoms with Crippen molar-refractivity contribution in [2.45, 2.75) is 12.0 Å². The molecular formula is C15H22N4O2S. The number of hydrogen-bond acceptors (Lipinski definition) is 5. The number of nitrogens with zero attached hydrogens (tertiary/aromatic N) is 2. The van der Waals surface area contributed by atoms with Crippen LogP contribution < -0.4 is 10.6 Å². The number of morpholine rings is 1. The maximum absolute atomic E-state index is 12.1. The Morgan fingerprint density at radius 1 is 1.36 bits per heavy atom. The smallest absolute Gasteiger partial charge is 0.319 e. The second kappa shape index (κ2) is 7.30. The summed E-state index contributed by atoms with van der Waals surface area (Å²) in [5.74, 6) is 2.23. The lowest BCUT2D eigenvalue weighted by molar-refractivity contribution is -0.0123. The Morgan fingerprint density at radius 2 is 2.14 bits per heavy atom. The van der Waals surface area contributed by atoms with Crippen LogP contribution in [0.1, 0.15) is 6.42 Å². The highest BCUT2D eigenvalue weighted by atomic mass is 32.2. The van der Waals surface area contributed by atoms with Crippen molar-refractivity contribution in [1.82, 2.24) is 15.2 Å². The second-order valence-corrected chi connectivity index (χ2v) is 6.78. The van der Waals surface area contributed by atoms with E-state index in [0.717, 1.165) is 49.9 Å². The van der Waals surface area contributed by atoms with Gasteiger partial charge in [0, 0.05) is 49.0 Å². The molecule has 1 atom stereocenters. The van der Waals surface area contributed by atoms with Gasteiger partial charge in [0.25, 0.3) is 0 Å². The number of thioether (sulfide) groups is 1. The number of carbonyl (C=O) groups excluding carboxylic acids is 1. The highest BCUT2D eigenvalue weighted by Gasteiger charge is 2.40. The van der Waals surface area contributed by atoms with Gasteiger partial charge in [-0.2, -0.15) is 11.8 Å². The summed E-state index contributed by atoms with van der Waals surface area (Å²) in [6.45, 7) is 4.16. The first-order valence-electron chi connectivity index (χ1n) is 7.64. The van der Waals surface area contributed by atoms with Crippen molar-refractivity contribution in [2.75, 3.05) is 49.7 Å². The number of hydrogen-bond donors (Lipinski definition) is 2. The first-order valence-corrected chi connectivity index (χ1v) is 8.79. The van der Waals surface area contributed by atoms with E-state index in [1.54, 1.807) is 24.5 Å². The van der Waals surface area contributed by atoms with Crippen LogP contribution in [0.3, 0.4) is 0 Å².